The molecular formula is C55H40N2Sn. The van der Waals surface area contributed by atoms with Gasteiger partial charge < -0.3 is 0 Å². The third kappa shape index (κ3) is 5.04. The number of nitrogens with zero attached hydrogens (tertiary/aromatic N) is 2. The number of para-hydroxylation sites is 5. The molecule has 274 valence electrons. The Bertz CT molecular complexity index is 2760. The van der Waals surface area contributed by atoms with Crippen molar-refractivity contribution in [2.24, 2.45) is 0 Å². The average Bonchev–Trinajstić information content (AvgIpc) is 3.31. The largest absolute Gasteiger partial charge is 0.0602 e. The third-order valence-corrected chi connectivity index (χ3v) is 26.3. The predicted octanol–water partition coefficient (Wildman–Crippen LogP) is 11.0. The quantitative estimate of drug-likeness (QED) is 0.154. The van der Waals surface area contributed by atoms with E-state index in [1.165, 1.54) is 59.3 Å². The first kappa shape index (κ1) is 34.6. The molecule has 0 aliphatic carbocycles. The molecule has 0 spiro atoms. The Morgan fingerprint density at radius 1 is 0.276 bits per heavy atom. The maximum Gasteiger partial charge on any atom is -0.0380 e. The van der Waals surface area contributed by atoms with Crippen molar-refractivity contribution in [1.82, 2.24) is 0 Å². The minimum Gasteiger partial charge on any atom is -0.0602 e. The van der Waals surface area contributed by atoms with Crippen molar-refractivity contribution in [2.45, 2.75) is 5.41 Å². The number of hydrogen-bond acceptors (Lipinski definition) is 2. The van der Waals surface area contributed by atoms with E-state index in [2.05, 4.69) is 252 Å². The van der Waals surface area contributed by atoms with Crippen molar-refractivity contribution in [3.05, 3.63) is 265 Å². The molecule has 0 amide bonds. The molecule has 3 heteroatoms. The molecule has 0 bridgehead atoms. The SMILES string of the molecule is c1ccc(N2c3ccccc3C(c3ccccc3)(c3ccc(N4c5cccc[c]5[Sn]([c]5ccccc5)([c]5ccccc5)[c]5ccccc54)cc3)c3ccccc32)cc1. The van der Waals surface area contributed by atoms with Gasteiger partial charge in [0.05, 0.1) is 0 Å². The summed E-state index contributed by atoms with van der Waals surface area (Å²) in [6.07, 6.45) is 0. The van der Waals surface area contributed by atoms with E-state index < -0.39 is 23.8 Å². The molecule has 9 aromatic carbocycles. The summed E-state index contributed by atoms with van der Waals surface area (Å²) in [6.45, 7) is 0. The van der Waals surface area contributed by atoms with Crippen LogP contribution in [0.5, 0.6) is 0 Å². The standard InChI is InChI=1S/C43H30N2.2C6H5.Sn/c1-5-17-33(18-6-1)43(34-29-31-38(32-30-34)44(35-19-7-2-8-20-35)36-21-9-3-10-22-36)39-25-13-15-27-41(39)45(37-23-11-4-12-24-37)42-28-16-14-26-40(42)43;2*1-2-4-6-5-3-1;/h1-19,21,23-32H;2*1-5H;. The molecule has 0 atom stereocenters. The van der Waals surface area contributed by atoms with Crippen molar-refractivity contribution in [2.75, 3.05) is 9.80 Å². The second kappa shape index (κ2) is 14.1. The van der Waals surface area contributed by atoms with Crippen LogP contribution in [-0.4, -0.2) is 18.4 Å². The van der Waals surface area contributed by atoms with E-state index in [0.717, 1.165) is 11.4 Å². The van der Waals surface area contributed by atoms with E-state index in [-0.39, 0.29) is 0 Å². The Balaban J connectivity index is 1.14. The summed E-state index contributed by atoms with van der Waals surface area (Å²) in [5, 5.41) is 0. The molecule has 0 radical (unpaired) electrons. The minimum atomic E-state index is -3.83. The molecule has 0 saturated heterocycles. The van der Waals surface area contributed by atoms with Gasteiger partial charge in [0.1, 0.15) is 0 Å². The van der Waals surface area contributed by atoms with Crippen molar-refractivity contribution in [1.29, 1.82) is 0 Å². The van der Waals surface area contributed by atoms with Crippen LogP contribution in [-0.2, 0) is 5.41 Å². The van der Waals surface area contributed by atoms with Gasteiger partial charge in [-0.2, -0.15) is 0 Å². The van der Waals surface area contributed by atoms with Gasteiger partial charge in [0.2, 0.25) is 0 Å². The van der Waals surface area contributed by atoms with Gasteiger partial charge in [0, 0.05) is 0 Å². The van der Waals surface area contributed by atoms with Crippen LogP contribution < -0.4 is 24.1 Å². The van der Waals surface area contributed by atoms with Gasteiger partial charge in [-0.05, 0) is 12.1 Å². The van der Waals surface area contributed by atoms with Gasteiger partial charge >= 0.3 is 317 Å². The van der Waals surface area contributed by atoms with E-state index in [1.54, 1.807) is 0 Å². The summed E-state index contributed by atoms with van der Waals surface area (Å²) in [4.78, 5) is 4.95. The van der Waals surface area contributed by atoms with Gasteiger partial charge in [-0.1, -0.05) is 18.2 Å². The van der Waals surface area contributed by atoms with Crippen molar-refractivity contribution in [3.63, 3.8) is 0 Å². The van der Waals surface area contributed by atoms with Crippen LogP contribution in [0.4, 0.5) is 34.1 Å². The van der Waals surface area contributed by atoms with Crippen molar-refractivity contribution < 1.29 is 0 Å². The fourth-order valence-electron chi connectivity index (χ4n) is 10.1. The van der Waals surface area contributed by atoms with Crippen LogP contribution in [0.3, 0.4) is 0 Å². The van der Waals surface area contributed by atoms with E-state index in [4.69, 9.17) is 0 Å². The number of fused-ring (bicyclic) bond motifs is 4. The molecule has 2 aliphatic rings. The number of anilines is 6. The first-order chi connectivity index (χ1) is 28.8. The summed E-state index contributed by atoms with van der Waals surface area (Å²) in [5.74, 6) is 0. The Morgan fingerprint density at radius 2 is 0.621 bits per heavy atom. The topological polar surface area (TPSA) is 6.48 Å². The van der Waals surface area contributed by atoms with E-state index in [9.17, 15) is 0 Å². The molecule has 0 fully saturated rings. The zero-order valence-corrected chi connectivity index (χ0v) is 34.8. The molecule has 0 N–H and O–H groups in total. The molecule has 2 nitrogen and oxygen atoms in total. The fraction of sp³-hybridized carbons (Fsp3) is 0.0182. The van der Waals surface area contributed by atoms with E-state index >= 15 is 0 Å². The molecule has 58 heavy (non-hydrogen) atoms. The Kier molecular flexibility index (Phi) is 8.41. The molecule has 0 unspecified atom stereocenters. The summed E-state index contributed by atoms with van der Waals surface area (Å²) in [7, 11) is 0. The molecule has 0 aromatic heterocycles. The smallest absolute Gasteiger partial charge is 0.0380 e. The Hall–Kier alpha value is -6.62. The van der Waals surface area contributed by atoms with Gasteiger partial charge in [0.25, 0.3) is 0 Å². The van der Waals surface area contributed by atoms with Crippen molar-refractivity contribution in [3.8, 4) is 0 Å². The number of hydrogen-bond donors (Lipinski definition) is 0. The monoisotopic (exact) mass is 848 g/mol. The maximum absolute atomic E-state index is 3.83. The second-order valence-corrected chi connectivity index (χ2v) is 25.9. The molecule has 0 saturated carbocycles. The van der Waals surface area contributed by atoms with Gasteiger partial charge in [-0.15, -0.1) is 0 Å². The average molecular weight is 848 g/mol. The van der Waals surface area contributed by atoms with Crippen LogP contribution >= 0.6 is 0 Å². The van der Waals surface area contributed by atoms with Crippen LogP contribution in [0.1, 0.15) is 22.3 Å². The summed E-state index contributed by atoms with van der Waals surface area (Å²) < 4.78 is 5.85. The van der Waals surface area contributed by atoms with Crippen LogP contribution in [0.2, 0.25) is 0 Å². The van der Waals surface area contributed by atoms with Crippen LogP contribution in [0.15, 0.2) is 243 Å². The zero-order chi connectivity index (χ0) is 38.5. The van der Waals surface area contributed by atoms with Crippen LogP contribution in [0.25, 0.3) is 0 Å². The summed E-state index contributed by atoms with van der Waals surface area (Å²) in [5.41, 5.74) is 11.6. The molecule has 11 rings (SSSR count). The summed E-state index contributed by atoms with van der Waals surface area (Å²) >= 11 is -3.83. The first-order valence-electron chi connectivity index (χ1n) is 20.1. The van der Waals surface area contributed by atoms with Crippen molar-refractivity contribution >= 4 is 66.8 Å². The Morgan fingerprint density at radius 3 is 1.12 bits per heavy atom. The maximum atomic E-state index is 2.52. The number of rotatable bonds is 6. The zero-order valence-electron chi connectivity index (χ0n) is 32.0. The minimum absolute atomic E-state index is 0.567. The fourth-order valence-corrected chi connectivity index (χ4v) is 24.7. The van der Waals surface area contributed by atoms with E-state index in [1.807, 2.05) is 0 Å². The molecular weight excluding hydrogens is 807 g/mol. The van der Waals surface area contributed by atoms with Crippen LogP contribution in [0, 0.1) is 0 Å². The van der Waals surface area contributed by atoms with Gasteiger partial charge in [0.15, 0.2) is 0 Å². The predicted molar refractivity (Wildman–Crippen MR) is 245 cm³/mol. The Labute approximate surface area is 344 Å². The van der Waals surface area contributed by atoms with Gasteiger partial charge in [-0.25, -0.2) is 0 Å². The second-order valence-electron chi connectivity index (χ2n) is 15.2. The third-order valence-electron chi connectivity index (χ3n) is 12.4. The molecule has 2 aliphatic heterocycles. The molecule has 2 heterocycles. The number of benzene rings is 9. The van der Waals surface area contributed by atoms with E-state index in [0.29, 0.717) is 0 Å². The first-order valence-corrected chi connectivity index (χ1v) is 25.8. The molecule has 9 aromatic rings. The van der Waals surface area contributed by atoms with Gasteiger partial charge in [-0.3, -0.25) is 0 Å². The normalized spacial score (nSPS) is 14.4. The summed E-state index contributed by atoms with van der Waals surface area (Å²) in [6, 6.07) is 90.4.